The molecule has 0 unspecified atom stereocenters. The van der Waals surface area contributed by atoms with Crippen molar-refractivity contribution in [1.29, 1.82) is 10.7 Å². The van der Waals surface area contributed by atoms with Crippen LogP contribution in [0.5, 0.6) is 0 Å². The maximum absolute atomic E-state index is 11.5. The monoisotopic (exact) mass is 332 g/mol. The van der Waals surface area contributed by atoms with Crippen molar-refractivity contribution in [2.75, 3.05) is 0 Å². The number of rotatable bonds is 17. The van der Waals surface area contributed by atoms with Gasteiger partial charge in [-0.2, -0.15) is 5.26 Å². The number of hydrogen-bond acceptors (Lipinski definition) is 3. The van der Waals surface area contributed by atoms with Gasteiger partial charge in [-0.25, -0.2) is 0 Å². The first kappa shape index (κ1) is 22.6. The van der Waals surface area contributed by atoms with Crippen molar-refractivity contribution in [2.24, 2.45) is 0 Å². The van der Waals surface area contributed by atoms with Gasteiger partial charge in [0.2, 0.25) is 0 Å². The van der Waals surface area contributed by atoms with E-state index in [1.807, 2.05) is 5.87 Å². The number of allylic oxidation sites excluding steroid dienone is 1. The molecule has 0 saturated carbocycles. The fourth-order valence-corrected chi connectivity index (χ4v) is 2.94. The zero-order valence-corrected chi connectivity index (χ0v) is 15.7. The van der Waals surface area contributed by atoms with E-state index in [0.717, 1.165) is 12.8 Å². The summed E-state index contributed by atoms with van der Waals surface area (Å²) in [6.07, 6.45) is 19.8. The van der Waals surface area contributed by atoms with E-state index in [4.69, 9.17) is 10.7 Å². The van der Waals surface area contributed by atoms with Crippen molar-refractivity contribution in [3.8, 4) is 6.07 Å². The van der Waals surface area contributed by atoms with Crippen LogP contribution in [-0.2, 0) is 4.79 Å². The molecule has 0 aromatic carbocycles. The zero-order chi connectivity index (χ0) is 17.9. The van der Waals surface area contributed by atoms with Gasteiger partial charge in [-0.3, -0.25) is 10.2 Å². The van der Waals surface area contributed by atoms with Crippen molar-refractivity contribution in [3.05, 3.63) is 5.57 Å². The predicted molar refractivity (Wildman–Crippen MR) is 101 cm³/mol. The molecule has 0 fully saturated rings. The van der Waals surface area contributed by atoms with Crippen LogP contribution in [0.25, 0.3) is 0 Å². The number of nitriles is 1. The van der Waals surface area contributed by atoms with Gasteiger partial charge in [0.05, 0.1) is 0 Å². The Kier molecular flexibility index (Phi) is 16.9. The predicted octanol–water partition coefficient (Wildman–Crippen LogP) is 6.52. The minimum Gasteiger partial charge on any atom is -0.293 e. The summed E-state index contributed by atoms with van der Waals surface area (Å²) in [4.78, 5) is 11.5. The van der Waals surface area contributed by atoms with Crippen LogP contribution >= 0.6 is 0 Å². The number of Topliss-reactive ketones (excluding diaryl/α,β-unsaturated/α-hetero) is 1. The smallest absolute Gasteiger partial charge is 0.182 e. The Labute approximate surface area is 149 Å². The average molecular weight is 333 g/mol. The molecule has 0 aliphatic heterocycles. The molecule has 0 aromatic rings. The highest BCUT2D eigenvalue weighted by Gasteiger charge is 2.07. The molecule has 0 amide bonds. The third-order valence-corrected chi connectivity index (χ3v) is 4.52. The summed E-state index contributed by atoms with van der Waals surface area (Å²) in [5.41, 5.74) is -0.139. The number of ketones is 1. The van der Waals surface area contributed by atoms with Crippen LogP contribution < -0.4 is 0 Å². The number of carbonyl (C=O) groups is 1. The molecule has 136 valence electrons. The third kappa shape index (κ3) is 14.2. The van der Waals surface area contributed by atoms with Crippen molar-refractivity contribution >= 4 is 11.7 Å². The minimum atomic E-state index is -0.234. The van der Waals surface area contributed by atoms with Gasteiger partial charge in [0.25, 0.3) is 0 Å². The number of nitrogens with zero attached hydrogens (tertiary/aromatic N) is 1. The van der Waals surface area contributed by atoms with Crippen molar-refractivity contribution in [1.82, 2.24) is 0 Å². The lowest BCUT2D eigenvalue weighted by molar-refractivity contribution is -0.115. The lowest BCUT2D eigenvalue weighted by Crippen LogP contribution is -2.01. The molecule has 0 aliphatic rings. The molecule has 0 rings (SSSR count). The zero-order valence-electron chi connectivity index (χ0n) is 15.7. The molecule has 0 aliphatic carbocycles. The van der Waals surface area contributed by atoms with Crippen LogP contribution in [0.3, 0.4) is 0 Å². The molecule has 0 saturated heterocycles. The number of nitrogens with one attached hydrogen (secondary N) is 1. The molecule has 0 bridgehead atoms. The molecule has 3 nitrogen and oxygen atoms in total. The molecular weight excluding hydrogens is 296 g/mol. The number of hydrogen-bond donors (Lipinski definition) is 1. The van der Waals surface area contributed by atoms with Gasteiger partial charge in [-0.1, -0.05) is 96.8 Å². The summed E-state index contributed by atoms with van der Waals surface area (Å²) in [5.74, 6) is 1.68. The lowest BCUT2D eigenvalue weighted by Gasteiger charge is -2.03. The first-order valence-corrected chi connectivity index (χ1v) is 9.99. The van der Waals surface area contributed by atoms with E-state index in [0.29, 0.717) is 6.42 Å². The Morgan fingerprint density at radius 2 is 1.12 bits per heavy atom. The Hall–Kier alpha value is -1.39. The van der Waals surface area contributed by atoms with E-state index in [1.165, 1.54) is 83.5 Å². The summed E-state index contributed by atoms with van der Waals surface area (Å²) < 4.78 is 0. The second-order valence-electron chi connectivity index (χ2n) is 6.73. The Morgan fingerprint density at radius 3 is 1.46 bits per heavy atom. The van der Waals surface area contributed by atoms with Crippen LogP contribution in [0.2, 0.25) is 0 Å². The van der Waals surface area contributed by atoms with E-state index in [2.05, 4.69) is 6.92 Å². The largest absolute Gasteiger partial charge is 0.293 e. The van der Waals surface area contributed by atoms with E-state index in [9.17, 15) is 4.79 Å². The maximum atomic E-state index is 11.5. The summed E-state index contributed by atoms with van der Waals surface area (Å²) in [6, 6.07) is 1.72. The molecular formula is C21H36N2O. The van der Waals surface area contributed by atoms with Gasteiger partial charge >= 0.3 is 0 Å². The maximum Gasteiger partial charge on any atom is 0.182 e. The first-order valence-electron chi connectivity index (χ1n) is 9.99. The Bertz CT molecular complexity index is 403. The van der Waals surface area contributed by atoms with E-state index in [1.54, 1.807) is 6.07 Å². The lowest BCUT2D eigenvalue weighted by atomic mass is 10.0. The Balaban J connectivity index is 3.22. The van der Waals surface area contributed by atoms with Gasteiger partial charge < -0.3 is 0 Å². The number of unbranched alkanes of at least 4 members (excludes halogenated alkanes) is 14. The summed E-state index contributed by atoms with van der Waals surface area (Å²) in [6.45, 7) is 2.26. The summed E-state index contributed by atoms with van der Waals surface area (Å²) >= 11 is 0. The fraction of sp³-hybridized carbons (Fsp3) is 0.810. The first-order chi connectivity index (χ1) is 11.8. The average Bonchev–Trinajstić information content (AvgIpc) is 2.59. The van der Waals surface area contributed by atoms with E-state index >= 15 is 0 Å². The molecule has 1 N–H and O–H groups in total. The molecule has 0 aromatic heterocycles. The van der Waals surface area contributed by atoms with Gasteiger partial charge in [0.1, 0.15) is 6.07 Å². The molecule has 24 heavy (non-hydrogen) atoms. The highest BCUT2D eigenvalue weighted by molar-refractivity contribution is 6.06. The van der Waals surface area contributed by atoms with Gasteiger partial charge in [-0.05, 0) is 6.42 Å². The second kappa shape index (κ2) is 18.0. The standard InChI is InChI=1S/C21H36N2O/c1-2-3-4-5-6-7-8-9-10-11-12-13-14-15-16-17-21(24)20(18-22)19-23/h22H,2-17H2,1H3. The summed E-state index contributed by atoms with van der Waals surface area (Å²) in [7, 11) is 0. The quantitative estimate of drug-likeness (QED) is 0.143. The third-order valence-electron chi connectivity index (χ3n) is 4.52. The normalized spacial score (nSPS) is 10.2. The van der Waals surface area contributed by atoms with Crippen molar-refractivity contribution in [3.63, 3.8) is 0 Å². The van der Waals surface area contributed by atoms with Gasteiger partial charge in [0, 0.05) is 12.3 Å². The minimum absolute atomic E-state index is 0.139. The van der Waals surface area contributed by atoms with Crippen LogP contribution in [0.4, 0.5) is 0 Å². The van der Waals surface area contributed by atoms with Crippen LogP contribution in [0.1, 0.15) is 110 Å². The Morgan fingerprint density at radius 1 is 0.750 bits per heavy atom. The molecule has 0 radical (unpaired) electrons. The SMILES string of the molecule is CCCCCCCCCCCCCCCCCC(=O)C(=C=N)C#N. The highest BCUT2D eigenvalue weighted by atomic mass is 16.1. The molecule has 0 heterocycles. The van der Waals surface area contributed by atoms with E-state index in [-0.39, 0.29) is 11.4 Å². The highest BCUT2D eigenvalue weighted by Crippen LogP contribution is 2.14. The van der Waals surface area contributed by atoms with Crippen molar-refractivity contribution in [2.45, 2.75) is 110 Å². The fourth-order valence-electron chi connectivity index (χ4n) is 2.94. The summed E-state index contributed by atoms with van der Waals surface area (Å²) in [5, 5.41) is 15.5. The van der Waals surface area contributed by atoms with Crippen LogP contribution in [0, 0.1) is 16.7 Å². The molecule has 0 spiro atoms. The van der Waals surface area contributed by atoms with Crippen LogP contribution in [-0.4, -0.2) is 11.7 Å². The van der Waals surface area contributed by atoms with Gasteiger partial charge in [0.15, 0.2) is 11.4 Å². The number of carbonyl (C=O) groups excluding carboxylic acids is 1. The van der Waals surface area contributed by atoms with Gasteiger partial charge in [-0.15, -0.1) is 0 Å². The molecule has 0 atom stereocenters. The topological polar surface area (TPSA) is 64.7 Å². The second-order valence-corrected chi connectivity index (χ2v) is 6.73. The van der Waals surface area contributed by atoms with E-state index < -0.39 is 0 Å². The van der Waals surface area contributed by atoms with Crippen molar-refractivity contribution < 1.29 is 4.79 Å². The van der Waals surface area contributed by atoms with Crippen LogP contribution in [0.15, 0.2) is 5.57 Å². The molecule has 3 heteroatoms.